The van der Waals surface area contributed by atoms with E-state index in [-0.39, 0.29) is 5.69 Å². The van der Waals surface area contributed by atoms with E-state index in [2.05, 4.69) is 24.1 Å². The average Bonchev–Trinajstić information content (AvgIpc) is 3.16. The Hall–Kier alpha value is -3.41. The van der Waals surface area contributed by atoms with Gasteiger partial charge in [0.1, 0.15) is 5.76 Å². The highest BCUT2D eigenvalue weighted by Gasteiger charge is 2.25. The number of nitrogens with one attached hydrogen (secondary N) is 1. The normalized spacial score (nSPS) is 12.8. The molecule has 2 atom stereocenters. The number of aryl methyl sites for hydroxylation is 1. The molecule has 3 aromatic rings. The van der Waals surface area contributed by atoms with Crippen LogP contribution in [-0.4, -0.2) is 23.0 Å². The minimum atomic E-state index is -0.987. The summed E-state index contributed by atoms with van der Waals surface area (Å²) >= 11 is 0. The Labute approximate surface area is 176 Å². The fraction of sp³-hybridized carbons (Fsp3) is 0.292. The van der Waals surface area contributed by atoms with Crippen LogP contribution in [0.4, 0.5) is 5.69 Å². The lowest BCUT2D eigenvalue weighted by atomic mass is 9.97. The predicted molar refractivity (Wildman–Crippen MR) is 115 cm³/mol. The van der Waals surface area contributed by atoms with E-state index in [1.807, 2.05) is 54.6 Å². The number of ether oxygens (including phenoxy) is 1. The quantitative estimate of drug-likeness (QED) is 0.535. The van der Waals surface area contributed by atoms with Crippen LogP contribution < -0.4 is 5.32 Å². The molecule has 0 saturated carbocycles. The van der Waals surface area contributed by atoms with E-state index in [1.165, 1.54) is 6.92 Å². The molecule has 0 unspecified atom stereocenters. The molecular formula is C24H26N2O4. The summed E-state index contributed by atoms with van der Waals surface area (Å²) in [6.07, 6.45) is -0.0363. The first-order chi connectivity index (χ1) is 14.4. The first kappa shape index (κ1) is 21.3. The second-order valence-electron chi connectivity index (χ2n) is 7.22. The van der Waals surface area contributed by atoms with Crippen molar-refractivity contribution in [3.05, 3.63) is 71.6 Å². The van der Waals surface area contributed by atoms with Crippen LogP contribution in [0.2, 0.25) is 0 Å². The molecule has 1 heterocycles. The fourth-order valence-corrected chi connectivity index (χ4v) is 3.05. The highest BCUT2D eigenvalue weighted by molar-refractivity contribution is 5.97. The number of amides is 1. The number of para-hydroxylation sites is 1. The van der Waals surface area contributed by atoms with Crippen LogP contribution in [0.25, 0.3) is 11.5 Å². The van der Waals surface area contributed by atoms with Crippen molar-refractivity contribution in [3.63, 3.8) is 0 Å². The van der Waals surface area contributed by atoms with Crippen molar-refractivity contribution in [2.45, 2.75) is 46.1 Å². The van der Waals surface area contributed by atoms with Crippen molar-refractivity contribution in [1.82, 2.24) is 4.98 Å². The molecule has 30 heavy (non-hydrogen) atoms. The van der Waals surface area contributed by atoms with Gasteiger partial charge in [0.25, 0.3) is 5.91 Å². The number of oxazole rings is 1. The fourth-order valence-electron chi connectivity index (χ4n) is 3.05. The summed E-state index contributed by atoms with van der Waals surface area (Å²) in [5.74, 6) is -0.124. The van der Waals surface area contributed by atoms with Crippen molar-refractivity contribution in [2.75, 3.05) is 5.32 Å². The molecule has 0 bridgehead atoms. The standard InChI is InChI=1S/C24H26N2O4/c1-5-15(2)19-13-9-10-14-20(19)25-22(27)17(4)30-24(28)21-16(3)29-23(26-21)18-11-7-6-8-12-18/h6-15,17H,5H2,1-4H3,(H,25,27)/t15-,17+/m0/s1. The Morgan fingerprint density at radius 3 is 2.43 bits per heavy atom. The van der Waals surface area contributed by atoms with Gasteiger partial charge in [-0.05, 0) is 49.9 Å². The molecule has 3 rings (SSSR count). The number of aromatic nitrogens is 1. The predicted octanol–water partition coefficient (Wildman–Crippen LogP) is 5.35. The average molecular weight is 406 g/mol. The lowest BCUT2D eigenvalue weighted by Gasteiger charge is -2.18. The van der Waals surface area contributed by atoms with Gasteiger partial charge in [-0.25, -0.2) is 9.78 Å². The molecule has 6 nitrogen and oxygen atoms in total. The number of rotatable bonds is 7. The number of hydrogen-bond acceptors (Lipinski definition) is 5. The summed E-state index contributed by atoms with van der Waals surface area (Å²) in [7, 11) is 0. The summed E-state index contributed by atoms with van der Waals surface area (Å²) in [5.41, 5.74) is 2.59. The lowest BCUT2D eigenvalue weighted by Crippen LogP contribution is -2.30. The van der Waals surface area contributed by atoms with Gasteiger partial charge in [0.15, 0.2) is 11.8 Å². The van der Waals surface area contributed by atoms with Crippen molar-refractivity contribution in [1.29, 1.82) is 0 Å². The summed E-state index contributed by atoms with van der Waals surface area (Å²) in [6.45, 7) is 7.37. The number of anilines is 1. The second kappa shape index (κ2) is 9.39. The van der Waals surface area contributed by atoms with Gasteiger partial charge in [0, 0.05) is 11.3 Å². The zero-order valence-corrected chi connectivity index (χ0v) is 17.6. The van der Waals surface area contributed by atoms with Crippen LogP contribution >= 0.6 is 0 Å². The van der Waals surface area contributed by atoms with Gasteiger partial charge in [-0.3, -0.25) is 4.79 Å². The maximum atomic E-state index is 12.6. The van der Waals surface area contributed by atoms with Crippen LogP contribution in [0.1, 0.15) is 54.9 Å². The zero-order chi connectivity index (χ0) is 21.7. The Bertz CT molecular complexity index is 1030. The Morgan fingerprint density at radius 2 is 1.73 bits per heavy atom. The molecule has 6 heteroatoms. The Balaban J connectivity index is 1.69. The molecule has 0 aliphatic rings. The van der Waals surface area contributed by atoms with E-state index in [4.69, 9.17) is 9.15 Å². The molecule has 1 amide bonds. The maximum absolute atomic E-state index is 12.6. The number of carbonyl (C=O) groups excluding carboxylic acids is 2. The van der Waals surface area contributed by atoms with Crippen molar-refractivity contribution >= 4 is 17.6 Å². The minimum absolute atomic E-state index is 0.0634. The molecule has 0 aliphatic carbocycles. The smallest absolute Gasteiger partial charge is 0.361 e. The highest BCUT2D eigenvalue weighted by Crippen LogP contribution is 2.27. The van der Waals surface area contributed by atoms with Gasteiger partial charge in [-0.15, -0.1) is 0 Å². The van der Waals surface area contributed by atoms with Crippen LogP contribution in [-0.2, 0) is 9.53 Å². The Kier molecular flexibility index (Phi) is 6.67. The van der Waals surface area contributed by atoms with E-state index >= 15 is 0 Å². The van der Waals surface area contributed by atoms with Crippen molar-refractivity contribution in [2.24, 2.45) is 0 Å². The Morgan fingerprint density at radius 1 is 1.07 bits per heavy atom. The molecule has 2 aromatic carbocycles. The van der Waals surface area contributed by atoms with Gasteiger partial charge >= 0.3 is 5.97 Å². The summed E-state index contributed by atoms with van der Waals surface area (Å²) in [4.78, 5) is 29.4. The van der Waals surface area contributed by atoms with E-state index in [1.54, 1.807) is 6.92 Å². The van der Waals surface area contributed by atoms with Crippen LogP contribution in [0.5, 0.6) is 0 Å². The maximum Gasteiger partial charge on any atom is 0.361 e. The van der Waals surface area contributed by atoms with Gasteiger partial charge in [-0.2, -0.15) is 0 Å². The second-order valence-corrected chi connectivity index (χ2v) is 7.22. The van der Waals surface area contributed by atoms with E-state index in [9.17, 15) is 9.59 Å². The third-order valence-corrected chi connectivity index (χ3v) is 5.03. The third-order valence-electron chi connectivity index (χ3n) is 5.03. The third kappa shape index (κ3) is 4.76. The van der Waals surface area contributed by atoms with Gasteiger partial charge < -0.3 is 14.5 Å². The van der Waals surface area contributed by atoms with Crippen LogP contribution in [0, 0.1) is 6.92 Å². The molecule has 1 N–H and O–H groups in total. The number of esters is 1. The topological polar surface area (TPSA) is 81.4 Å². The van der Waals surface area contributed by atoms with Crippen molar-refractivity contribution < 1.29 is 18.7 Å². The first-order valence-electron chi connectivity index (χ1n) is 10.0. The molecule has 0 fully saturated rings. The van der Waals surface area contributed by atoms with Gasteiger partial charge in [0.05, 0.1) is 0 Å². The van der Waals surface area contributed by atoms with E-state index < -0.39 is 18.0 Å². The molecule has 0 aliphatic heterocycles. The molecule has 1 aromatic heterocycles. The lowest BCUT2D eigenvalue weighted by molar-refractivity contribution is -0.123. The van der Waals surface area contributed by atoms with Gasteiger partial charge in [0.2, 0.25) is 5.89 Å². The van der Waals surface area contributed by atoms with E-state index in [0.29, 0.717) is 17.6 Å². The number of hydrogen-bond donors (Lipinski definition) is 1. The van der Waals surface area contributed by atoms with E-state index in [0.717, 1.165) is 23.2 Å². The molecule has 0 spiro atoms. The first-order valence-corrected chi connectivity index (χ1v) is 10.0. The highest BCUT2D eigenvalue weighted by atomic mass is 16.5. The van der Waals surface area contributed by atoms with Crippen LogP contribution in [0.3, 0.4) is 0 Å². The minimum Gasteiger partial charge on any atom is -0.448 e. The zero-order valence-electron chi connectivity index (χ0n) is 17.6. The number of nitrogens with zero attached hydrogens (tertiary/aromatic N) is 1. The largest absolute Gasteiger partial charge is 0.448 e. The number of benzene rings is 2. The molecular weight excluding hydrogens is 380 g/mol. The van der Waals surface area contributed by atoms with Crippen LogP contribution in [0.15, 0.2) is 59.0 Å². The monoisotopic (exact) mass is 406 g/mol. The van der Waals surface area contributed by atoms with Gasteiger partial charge in [-0.1, -0.05) is 50.2 Å². The summed E-state index contributed by atoms with van der Waals surface area (Å²) in [6, 6.07) is 16.9. The summed E-state index contributed by atoms with van der Waals surface area (Å²) < 4.78 is 11.0. The van der Waals surface area contributed by atoms with Crippen molar-refractivity contribution in [3.8, 4) is 11.5 Å². The molecule has 0 radical (unpaired) electrons. The summed E-state index contributed by atoms with van der Waals surface area (Å²) in [5, 5.41) is 2.87. The number of carbonyl (C=O) groups is 2. The molecule has 0 saturated heterocycles. The SMILES string of the molecule is CC[C@H](C)c1ccccc1NC(=O)[C@@H](C)OC(=O)c1nc(-c2ccccc2)oc1C. The molecule has 156 valence electrons.